The van der Waals surface area contributed by atoms with Crippen LogP contribution in [0.5, 0.6) is 0 Å². The minimum atomic E-state index is -0.190. The van der Waals surface area contributed by atoms with Crippen molar-refractivity contribution in [1.82, 2.24) is 9.80 Å². The van der Waals surface area contributed by atoms with E-state index in [1.54, 1.807) is 4.90 Å². The number of hydrogen-bond acceptors (Lipinski definition) is 4. The van der Waals surface area contributed by atoms with Crippen LogP contribution in [-0.4, -0.2) is 60.5 Å². The van der Waals surface area contributed by atoms with E-state index in [0.29, 0.717) is 31.3 Å². The third kappa shape index (κ3) is 3.22. The van der Waals surface area contributed by atoms with Gasteiger partial charge in [-0.25, -0.2) is 4.79 Å². The average Bonchev–Trinajstić information content (AvgIpc) is 2.40. The zero-order valence-electron chi connectivity index (χ0n) is 11.1. The van der Waals surface area contributed by atoms with Gasteiger partial charge in [0.1, 0.15) is 5.78 Å². The van der Waals surface area contributed by atoms with Crippen molar-refractivity contribution < 1.29 is 14.3 Å². The van der Waals surface area contributed by atoms with Crippen LogP contribution in [0.25, 0.3) is 0 Å². The zero-order chi connectivity index (χ0) is 13.0. The fourth-order valence-electron chi connectivity index (χ4n) is 2.77. The Balaban J connectivity index is 1.76. The van der Waals surface area contributed by atoms with Crippen molar-refractivity contribution in [1.29, 1.82) is 0 Å². The molecule has 0 spiro atoms. The standard InChI is InChI=1S/C13H22N2O3/c1-2-18-13(17)15-7-3-11(4-8-15)14-9-5-12(16)6-10-14/h11H,2-10H2,1H3. The normalized spacial score (nSPS) is 23.2. The molecular formula is C13H22N2O3. The summed E-state index contributed by atoms with van der Waals surface area (Å²) in [4.78, 5) is 27.0. The Morgan fingerprint density at radius 3 is 2.39 bits per heavy atom. The molecule has 0 bridgehead atoms. The van der Waals surface area contributed by atoms with Crippen LogP contribution in [0.15, 0.2) is 0 Å². The maximum atomic E-state index is 11.6. The first-order valence-corrected chi connectivity index (χ1v) is 6.88. The number of hydrogen-bond donors (Lipinski definition) is 0. The summed E-state index contributed by atoms with van der Waals surface area (Å²) in [5, 5.41) is 0. The molecule has 0 aromatic rings. The molecule has 5 nitrogen and oxygen atoms in total. The van der Waals surface area contributed by atoms with E-state index in [4.69, 9.17) is 4.74 Å². The minimum absolute atomic E-state index is 0.190. The van der Waals surface area contributed by atoms with E-state index in [1.807, 2.05) is 6.92 Å². The van der Waals surface area contributed by atoms with Gasteiger partial charge in [0, 0.05) is 45.1 Å². The van der Waals surface area contributed by atoms with Gasteiger partial charge < -0.3 is 9.64 Å². The second-order valence-electron chi connectivity index (χ2n) is 4.99. The Morgan fingerprint density at radius 2 is 1.83 bits per heavy atom. The lowest BCUT2D eigenvalue weighted by atomic mass is 10.00. The van der Waals surface area contributed by atoms with Crippen LogP contribution in [0, 0.1) is 0 Å². The van der Waals surface area contributed by atoms with Crippen LogP contribution in [0.2, 0.25) is 0 Å². The lowest BCUT2D eigenvalue weighted by Crippen LogP contribution is -2.49. The average molecular weight is 254 g/mol. The molecule has 2 heterocycles. The van der Waals surface area contributed by atoms with Gasteiger partial charge in [0.2, 0.25) is 0 Å². The maximum Gasteiger partial charge on any atom is 0.409 e. The first-order valence-electron chi connectivity index (χ1n) is 6.88. The number of amides is 1. The predicted molar refractivity (Wildman–Crippen MR) is 67.4 cm³/mol. The monoisotopic (exact) mass is 254 g/mol. The van der Waals surface area contributed by atoms with Crippen LogP contribution >= 0.6 is 0 Å². The molecule has 1 amide bonds. The first kappa shape index (κ1) is 13.3. The number of carbonyl (C=O) groups is 2. The molecule has 0 N–H and O–H groups in total. The molecule has 0 radical (unpaired) electrons. The number of ketones is 1. The molecule has 2 rings (SSSR count). The molecule has 18 heavy (non-hydrogen) atoms. The molecule has 2 aliphatic rings. The van der Waals surface area contributed by atoms with E-state index in [-0.39, 0.29) is 6.09 Å². The summed E-state index contributed by atoms with van der Waals surface area (Å²) in [7, 11) is 0. The quantitative estimate of drug-likeness (QED) is 0.744. The van der Waals surface area contributed by atoms with E-state index in [0.717, 1.165) is 39.0 Å². The van der Waals surface area contributed by atoms with Crippen LogP contribution < -0.4 is 0 Å². The summed E-state index contributed by atoms with van der Waals surface area (Å²) in [6, 6.07) is 0.531. The van der Waals surface area contributed by atoms with Crippen molar-refractivity contribution in [3.63, 3.8) is 0 Å². The lowest BCUT2D eigenvalue weighted by molar-refractivity contribution is -0.122. The summed E-state index contributed by atoms with van der Waals surface area (Å²) < 4.78 is 5.00. The number of likely N-dealkylation sites (tertiary alicyclic amines) is 2. The lowest BCUT2D eigenvalue weighted by Gasteiger charge is -2.39. The molecule has 0 aromatic carbocycles. The highest BCUT2D eigenvalue weighted by atomic mass is 16.6. The predicted octanol–water partition coefficient (Wildman–Crippen LogP) is 1.27. The number of rotatable bonds is 2. The highest BCUT2D eigenvalue weighted by molar-refractivity contribution is 5.79. The summed E-state index contributed by atoms with van der Waals surface area (Å²) in [5.74, 6) is 0.384. The minimum Gasteiger partial charge on any atom is -0.450 e. The summed E-state index contributed by atoms with van der Waals surface area (Å²) in [5.41, 5.74) is 0. The number of Topliss-reactive ketones (excluding diaryl/α,β-unsaturated/α-hetero) is 1. The highest BCUT2D eigenvalue weighted by Crippen LogP contribution is 2.20. The van der Waals surface area contributed by atoms with Gasteiger partial charge in [0.15, 0.2) is 0 Å². The molecule has 0 unspecified atom stereocenters. The molecule has 0 aromatic heterocycles. The summed E-state index contributed by atoms with van der Waals surface area (Å²) in [6.45, 7) is 5.59. The molecule has 2 fully saturated rings. The van der Waals surface area contributed by atoms with Crippen molar-refractivity contribution in [2.24, 2.45) is 0 Å². The number of piperidine rings is 2. The molecule has 0 aliphatic carbocycles. The second-order valence-corrected chi connectivity index (χ2v) is 4.99. The smallest absolute Gasteiger partial charge is 0.409 e. The summed E-state index contributed by atoms with van der Waals surface area (Å²) in [6.07, 6.45) is 3.18. The van der Waals surface area contributed by atoms with Crippen LogP contribution in [0.3, 0.4) is 0 Å². The topological polar surface area (TPSA) is 49.9 Å². The maximum absolute atomic E-state index is 11.6. The van der Waals surface area contributed by atoms with E-state index in [9.17, 15) is 9.59 Å². The highest BCUT2D eigenvalue weighted by Gasteiger charge is 2.29. The van der Waals surface area contributed by atoms with Gasteiger partial charge in [-0.3, -0.25) is 9.69 Å². The van der Waals surface area contributed by atoms with Crippen LogP contribution in [-0.2, 0) is 9.53 Å². The van der Waals surface area contributed by atoms with Crippen LogP contribution in [0.1, 0.15) is 32.6 Å². The van der Waals surface area contributed by atoms with Gasteiger partial charge in [0.05, 0.1) is 6.61 Å². The number of carbonyl (C=O) groups excluding carboxylic acids is 2. The van der Waals surface area contributed by atoms with E-state index in [1.165, 1.54) is 0 Å². The van der Waals surface area contributed by atoms with Gasteiger partial charge in [-0.1, -0.05) is 0 Å². The molecule has 2 saturated heterocycles. The van der Waals surface area contributed by atoms with Crippen LogP contribution in [0.4, 0.5) is 4.79 Å². The Morgan fingerprint density at radius 1 is 1.22 bits per heavy atom. The number of nitrogens with zero attached hydrogens (tertiary/aromatic N) is 2. The van der Waals surface area contributed by atoms with Gasteiger partial charge >= 0.3 is 6.09 Å². The zero-order valence-corrected chi connectivity index (χ0v) is 11.1. The number of ether oxygens (including phenoxy) is 1. The van der Waals surface area contributed by atoms with Crippen molar-refractivity contribution in [2.75, 3.05) is 32.8 Å². The first-order chi connectivity index (χ1) is 8.70. The Labute approximate surface area is 108 Å². The van der Waals surface area contributed by atoms with Gasteiger partial charge in [0.25, 0.3) is 0 Å². The van der Waals surface area contributed by atoms with Crippen molar-refractivity contribution in [3.05, 3.63) is 0 Å². The Hall–Kier alpha value is -1.10. The summed E-state index contributed by atoms with van der Waals surface area (Å²) >= 11 is 0. The van der Waals surface area contributed by atoms with E-state index in [2.05, 4.69) is 4.90 Å². The molecule has 0 atom stereocenters. The Bertz CT molecular complexity index is 301. The van der Waals surface area contributed by atoms with Gasteiger partial charge in [-0.2, -0.15) is 0 Å². The SMILES string of the molecule is CCOC(=O)N1CCC(N2CCC(=O)CC2)CC1. The molecule has 102 valence electrons. The molecular weight excluding hydrogens is 232 g/mol. The van der Waals surface area contributed by atoms with E-state index < -0.39 is 0 Å². The Kier molecular flexibility index (Phi) is 4.58. The molecule has 2 aliphatic heterocycles. The second kappa shape index (κ2) is 6.18. The van der Waals surface area contributed by atoms with Crippen molar-refractivity contribution in [3.8, 4) is 0 Å². The largest absolute Gasteiger partial charge is 0.450 e. The fourth-order valence-corrected chi connectivity index (χ4v) is 2.77. The molecule has 0 saturated carbocycles. The third-order valence-corrected chi connectivity index (χ3v) is 3.86. The fraction of sp³-hybridized carbons (Fsp3) is 0.846. The van der Waals surface area contributed by atoms with Gasteiger partial charge in [-0.15, -0.1) is 0 Å². The van der Waals surface area contributed by atoms with Crippen molar-refractivity contribution in [2.45, 2.75) is 38.6 Å². The van der Waals surface area contributed by atoms with E-state index >= 15 is 0 Å². The van der Waals surface area contributed by atoms with Crippen molar-refractivity contribution >= 4 is 11.9 Å². The third-order valence-electron chi connectivity index (χ3n) is 3.86. The van der Waals surface area contributed by atoms with Gasteiger partial charge in [-0.05, 0) is 19.8 Å². The molecule has 5 heteroatoms.